The minimum Gasteiger partial charge on any atom is -0.465 e. The number of hydrogen-bond acceptors (Lipinski definition) is 3. The van der Waals surface area contributed by atoms with E-state index in [9.17, 15) is 9.59 Å². The monoisotopic (exact) mass is 269 g/mol. The maximum absolute atomic E-state index is 11.8. The molecule has 1 atom stereocenters. The summed E-state index contributed by atoms with van der Waals surface area (Å²) in [5.41, 5.74) is 0. The third-order valence-corrected chi connectivity index (χ3v) is 3.57. The van der Waals surface area contributed by atoms with Crippen molar-refractivity contribution >= 4 is 11.9 Å². The standard InChI is InChI=1S/C15H27NO3/c1-3-5-7-9-16-12-13(11-14(16)17)15(18)19-10-8-6-4-2/h13H,3-12H2,1-2H3. The Morgan fingerprint density at radius 1 is 1.21 bits per heavy atom. The van der Waals surface area contributed by atoms with Gasteiger partial charge in [0.2, 0.25) is 5.91 Å². The number of amides is 1. The number of carbonyl (C=O) groups is 2. The fourth-order valence-corrected chi connectivity index (χ4v) is 2.34. The van der Waals surface area contributed by atoms with Crippen LogP contribution in [-0.4, -0.2) is 36.5 Å². The molecule has 0 spiro atoms. The Balaban J connectivity index is 2.24. The van der Waals surface area contributed by atoms with Crippen molar-refractivity contribution in [2.45, 2.75) is 58.8 Å². The van der Waals surface area contributed by atoms with E-state index in [1.807, 2.05) is 4.90 Å². The SMILES string of the molecule is CCCCCOC(=O)C1CC(=O)N(CCCCC)C1. The Morgan fingerprint density at radius 2 is 1.89 bits per heavy atom. The Kier molecular flexibility index (Phi) is 7.53. The van der Waals surface area contributed by atoms with E-state index < -0.39 is 0 Å². The third kappa shape index (κ3) is 5.62. The van der Waals surface area contributed by atoms with Crippen LogP contribution in [0.2, 0.25) is 0 Å². The number of rotatable bonds is 9. The van der Waals surface area contributed by atoms with Crippen molar-refractivity contribution in [1.82, 2.24) is 4.90 Å². The minimum absolute atomic E-state index is 0.103. The van der Waals surface area contributed by atoms with E-state index in [0.29, 0.717) is 19.6 Å². The molecule has 1 aliphatic rings. The molecule has 0 bridgehead atoms. The predicted molar refractivity (Wildman–Crippen MR) is 74.7 cm³/mol. The Hall–Kier alpha value is -1.06. The van der Waals surface area contributed by atoms with Crippen molar-refractivity contribution < 1.29 is 14.3 Å². The van der Waals surface area contributed by atoms with E-state index in [0.717, 1.165) is 45.1 Å². The lowest BCUT2D eigenvalue weighted by Gasteiger charge is -2.16. The van der Waals surface area contributed by atoms with Crippen molar-refractivity contribution in [2.24, 2.45) is 5.92 Å². The average molecular weight is 269 g/mol. The summed E-state index contributed by atoms with van der Waals surface area (Å²) in [6, 6.07) is 0. The molecule has 0 aromatic carbocycles. The first-order valence-electron chi connectivity index (χ1n) is 7.63. The van der Waals surface area contributed by atoms with E-state index in [4.69, 9.17) is 4.74 Å². The lowest BCUT2D eigenvalue weighted by Crippen LogP contribution is -2.27. The van der Waals surface area contributed by atoms with Crippen molar-refractivity contribution in [1.29, 1.82) is 0 Å². The van der Waals surface area contributed by atoms with Crippen molar-refractivity contribution in [3.05, 3.63) is 0 Å². The van der Waals surface area contributed by atoms with Gasteiger partial charge in [0.25, 0.3) is 0 Å². The quantitative estimate of drug-likeness (QED) is 0.477. The summed E-state index contributed by atoms with van der Waals surface area (Å²) >= 11 is 0. The number of carbonyl (C=O) groups excluding carboxylic acids is 2. The molecule has 1 heterocycles. The summed E-state index contributed by atoms with van der Waals surface area (Å²) in [6.07, 6.45) is 6.76. The molecule has 4 heteroatoms. The first-order chi connectivity index (χ1) is 9.19. The van der Waals surface area contributed by atoms with Crippen LogP contribution in [0, 0.1) is 5.92 Å². The minimum atomic E-state index is -0.240. The molecule has 1 rings (SSSR count). The summed E-state index contributed by atoms with van der Waals surface area (Å²) in [5, 5.41) is 0. The summed E-state index contributed by atoms with van der Waals surface area (Å²) in [6.45, 7) is 6.09. The van der Waals surface area contributed by atoms with E-state index in [-0.39, 0.29) is 17.8 Å². The molecule has 0 saturated carbocycles. The molecule has 110 valence electrons. The number of esters is 1. The van der Waals surface area contributed by atoms with Gasteiger partial charge in [-0.05, 0) is 12.8 Å². The molecule has 4 nitrogen and oxygen atoms in total. The first kappa shape index (κ1) is 16.0. The molecule has 0 radical (unpaired) electrons. The van der Waals surface area contributed by atoms with Crippen LogP contribution >= 0.6 is 0 Å². The predicted octanol–water partition coefficient (Wildman–Crippen LogP) is 2.76. The van der Waals surface area contributed by atoms with Crippen LogP contribution in [0.25, 0.3) is 0 Å². The topological polar surface area (TPSA) is 46.6 Å². The Bertz CT molecular complexity index is 291. The van der Waals surface area contributed by atoms with E-state index in [1.165, 1.54) is 0 Å². The summed E-state index contributed by atoms with van der Waals surface area (Å²) in [5.74, 6) is -0.329. The average Bonchev–Trinajstić information content (AvgIpc) is 2.77. The Labute approximate surface area is 116 Å². The number of likely N-dealkylation sites (tertiary alicyclic amines) is 1. The highest BCUT2D eigenvalue weighted by molar-refractivity contribution is 5.86. The van der Waals surface area contributed by atoms with Crippen LogP contribution in [-0.2, 0) is 14.3 Å². The molecule has 0 aromatic rings. The third-order valence-electron chi connectivity index (χ3n) is 3.57. The molecule has 0 aromatic heterocycles. The van der Waals surface area contributed by atoms with Crippen LogP contribution in [0.4, 0.5) is 0 Å². The Morgan fingerprint density at radius 3 is 2.58 bits per heavy atom. The van der Waals surface area contributed by atoms with Crippen LogP contribution < -0.4 is 0 Å². The zero-order valence-corrected chi connectivity index (χ0v) is 12.3. The van der Waals surface area contributed by atoms with E-state index in [2.05, 4.69) is 13.8 Å². The summed E-state index contributed by atoms with van der Waals surface area (Å²) in [4.78, 5) is 25.4. The second kappa shape index (κ2) is 8.94. The van der Waals surface area contributed by atoms with Gasteiger partial charge in [0.1, 0.15) is 0 Å². The van der Waals surface area contributed by atoms with Crippen LogP contribution in [0.1, 0.15) is 58.8 Å². The molecule has 19 heavy (non-hydrogen) atoms. The van der Waals surface area contributed by atoms with Gasteiger partial charge in [-0.25, -0.2) is 0 Å². The fourth-order valence-electron chi connectivity index (χ4n) is 2.34. The van der Waals surface area contributed by atoms with Gasteiger partial charge < -0.3 is 9.64 Å². The van der Waals surface area contributed by atoms with Gasteiger partial charge in [-0.3, -0.25) is 9.59 Å². The van der Waals surface area contributed by atoms with Crippen molar-refractivity contribution in [2.75, 3.05) is 19.7 Å². The molecule has 1 unspecified atom stereocenters. The summed E-state index contributed by atoms with van der Waals surface area (Å²) in [7, 11) is 0. The van der Waals surface area contributed by atoms with Gasteiger partial charge in [-0.2, -0.15) is 0 Å². The van der Waals surface area contributed by atoms with Gasteiger partial charge >= 0.3 is 5.97 Å². The maximum atomic E-state index is 11.8. The lowest BCUT2D eigenvalue weighted by molar-refractivity contribution is -0.148. The first-order valence-corrected chi connectivity index (χ1v) is 7.63. The van der Waals surface area contributed by atoms with Crippen molar-refractivity contribution in [3.8, 4) is 0 Å². The van der Waals surface area contributed by atoms with Crippen LogP contribution in [0.15, 0.2) is 0 Å². The highest BCUT2D eigenvalue weighted by atomic mass is 16.5. The van der Waals surface area contributed by atoms with Crippen molar-refractivity contribution in [3.63, 3.8) is 0 Å². The zero-order valence-electron chi connectivity index (χ0n) is 12.3. The second-order valence-electron chi connectivity index (χ2n) is 5.32. The molecule has 0 aliphatic carbocycles. The highest BCUT2D eigenvalue weighted by Crippen LogP contribution is 2.20. The van der Waals surface area contributed by atoms with Crippen LogP contribution in [0.5, 0.6) is 0 Å². The second-order valence-corrected chi connectivity index (χ2v) is 5.32. The summed E-state index contributed by atoms with van der Waals surface area (Å²) < 4.78 is 5.23. The molecule has 1 amide bonds. The number of hydrogen-bond donors (Lipinski definition) is 0. The molecule has 1 saturated heterocycles. The molecule has 0 N–H and O–H groups in total. The number of ether oxygens (including phenoxy) is 1. The fraction of sp³-hybridized carbons (Fsp3) is 0.867. The largest absolute Gasteiger partial charge is 0.465 e. The zero-order chi connectivity index (χ0) is 14.1. The van der Waals surface area contributed by atoms with E-state index in [1.54, 1.807) is 0 Å². The lowest BCUT2D eigenvalue weighted by atomic mass is 10.1. The molecule has 1 fully saturated rings. The van der Waals surface area contributed by atoms with E-state index >= 15 is 0 Å². The van der Waals surface area contributed by atoms with Gasteiger partial charge in [-0.1, -0.05) is 39.5 Å². The highest BCUT2D eigenvalue weighted by Gasteiger charge is 2.34. The number of unbranched alkanes of at least 4 members (excludes halogenated alkanes) is 4. The van der Waals surface area contributed by atoms with Gasteiger partial charge in [-0.15, -0.1) is 0 Å². The normalized spacial score (nSPS) is 18.9. The van der Waals surface area contributed by atoms with Gasteiger partial charge in [0.05, 0.1) is 12.5 Å². The van der Waals surface area contributed by atoms with Crippen LogP contribution in [0.3, 0.4) is 0 Å². The number of nitrogens with zero attached hydrogens (tertiary/aromatic N) is 1. The molecular formula is C15H27NO3. The molecular weight excluding hydrogens is 242 g/mol. The maximum Gasteiger partial charge on any atom is 0.311 e. The van der Waals surface area contributed by atoms with Gasteiger partial charge in [0, 0.05) is 19.5 Å². The molecule has 1 aliphatic heterocycles. The smallest absolute Gasteiger partial charge is 0.311 e. The van der Waals surface area contributed by atoms with Gasteiger partial charge in [0.15, 0.2) is 0 Å².